The van der Waals surface area contributed by atoms with E-state index in [1.54, 1.807) is 59.1 Å². The van der Waals surface area contributed by atoms with Crippen LogP contribution in [0.25, 0.3) is 17.0 Å². The average molecular weight is 528 g/mol. The first-order chi connectivity index (χ1) is 18.6. The Morgan fingerprint density at radius 3 is 2.34 bits per heavy atom. The Hall–Kier alpha value is -4.76. The lowest BCUT2D eigenvalue weighted by molar-refractivity contribution is -0.123. The van der Waals surface area contributed by atoms with Gasteiger partial charge in [0.05, 0.1) is 11.6 Å². The number of fused-ring (bicyclic) bond motifs is 1. The highest BCUT2D eigenvalue weighted by atomic mass is 35.5. The van der Waals surface area contributed by atoms with E-state index in [9.17, 15) is 9.59 Å². The minimum atomic E-state index is -0.304. The normalized spacial score (nSPS) is 10.8. The Morgan fingerprint density at radius 2 is 1.55 bits per heavy atom. The van der Waals surface area contributed by atoms with Crippen molar-refractivity contribution in [3.05, 3.63) is 107 Å². The molecule has 2 heterocycles. The molecule has 0 saturated heterocycles. The number of hydrogen-bond acceptors (Lipinski definition) is 7. The Balaban J connectivity index is 1.09. The molecule has 0 aliphatic rings. The standard InChI is InChI=1S/C28H22ClN5O4/c29-23-9-5-4-8-22(23)28-32-31-24-14-15-26(33-34(24)28)37-17-16-30-25(35)18-38-21-12-10-20(11-13-21)27(36)19-6-2-1-3-7-19/h1-15H,16-18H2,(H,30,35). The summed E-state index contributed by atoms with van der Waals surface area (Å²) in [6.07, 6.45) is 0. The lowest BCUT2D eigenvalue weighted by atomic mass is 10.0. The second-order valence-electron chi connectivity index (χ2n) is 8.15. The summed E-state index contributed by atoms with van der Waals surface area (Å²) in [5, 5.41) is 16.0. The molecule has 1 N–H and O–H groups in total. The van der Waals surface area contributed by atoms with Gasteiger partial charge < -0.3 is 14.8 Å². The minimum Gasteiger partial charge on any atom is -0.484 e. The third-order valence-electron chi connectivity index (χ3n) is 5.55. The van der Waals surface area contributed by atoms with Crippen molar-refractivity contribution in [3.63, 3.8) is 0 Å². The molecule has 0 aliphatic heterocycles. The van der Waals surface area contributed by atoms with E-state index in [0.29, 0.717) is 44.8 Å². The van der Waals surface area contributed by atoms with Crippen LogP contribution in [0, 0.1) is 0 Å². The van der Waals surface area contributed by atoms with Gasteiger partial charge in [-0.3, -0.25) is 9.59 Å². The van der Waals surface area contributed by atoms with Gasteiger partial charge in [0.2, 0.25) is 5.88 Å². The molecule has 190 valence electrons. The first-order valence-corrected chi connectivity index (χ1v) is 12.2. The van der Waals surface area contributed by atoms with Gasteiger partial charge in [-0.15, -0.1) is 15.3 Å². The SMILES string of the molecule is O=C(COc1ccc(C(=O)c2ccccc2)cc1)NCCOc1ccc2nnc(-c3ccccc3Cl)n2n1. The number of ketones is 1. The van der Waals surface area contributed by atoms with Gasteiger partial charge in [0, 0.05) is 22.8 Å². The van der Waals surface area contributed by atoms with E-state index in [4.69, 9.17) is 21.1 Å². The number of rotatable bonds is 10. The van der Waals surface area contributed by atoms with Crippen LogP contribution in [-0.4, -0.2) is 51.3 Å². The molecule has 0 spiro atoms. The quantitative estimate of drug-likeness (QED) is 0.214. The smallest absolute Gasteiger partial charge is 0.258 e. The molecule has 3 aromatic carbocycles. The van der Waals surface area contributed by atoms with Gasteiger partial charge in [0.15, 0.2) is 23.9 Å². The summed E-state index contributed by atoms with van der Waals surface area (Å²) in [5.41, 5.74) is 2.41. The maximum Gasteiger partial charge on any atom is 0.258 e. The van der Waals surface area contributed by atoms with Gasteiger partial charge >= 0.3 is 0 Å². The summed E-state index contributed by atoms with van der Waals surface area (Å²) in [6, 6.07) is 26.4. The second-order valence-corrected chi connectivity index (χ2v) is 8.56. The minimum absolute atomic E-state index is 0.0760. The zero-order chi connectivity index (χ0) is 26.3. The summed E-state index contributed by atoms with van der Waals surface area (Å²) in [7, 11) is 0. The van der Waals surface area contributed by atoms with Crippen LogP contribution in [0.3, 0.4) is 0 Å². The molecule has 5 aromatic rings. The van der Waals surface area contributed by atoms with E-state index >= 15 is 0 Å². The Bertz CT molecular complexity index is 1570. The van der Waals surface area contributed by atoms with Crippen molar-refractivity contribution in [2.75, 3.05) is 19.8 Å². The van der Waals surface area contributed by atoms with E-state index in [2.05, 4.69) is 20.6 Å². The molecule has 0 saturated carbocycles. The maximum atomic E-state index is 12.5. The van der Waals surface area contributed by atoms with Gasteiger partial charge in [0.1, 0.15) is 12.4 Å². The van der Waals surface area contributed by atoms with Gasteiger partial charge in [-0.1, -0.05) is 54.1 Å². The first-order valence-electron chi connectivity index (χ1n) is 11.8. The molecule has 38 heavy (non-hydrogen) atoms. The van der Waals surface area contributed by atoms with Crippen LogP contribution in [0.4, 0.5) is 0 Å². The maximum absolute atomic E-state index is 12.5. The zero-order valence-corrected chi connectivity index (χ0v) is 20.8. The predicted molar refractivity (Wildman–Crippen MR) is 142 cm³/mol. The number of nitrogens with one attached hydrogen (secondary N) is 1. The highest BCUT2D eigenvalue weighted by molar-refractivity contribution is 6.33. The van der Waals surface area contributed by atoms with Gasteiger partial charge in [-0.2, -0.15) is 4.52 Å². The summed E-state index contributed by atoms with van der Waals surface area (Å²) in [6.45, 7) is 0.286. The molecule has 5 rings (SSSR count). The molecule has 0 atom stereocenters. The third-order valence-corrected chi connectivity index (χ3v) is 5.88. The zero-order valence-electron chi connectivity index (χ0n) is 20.1. The number of ether oxygens (including phenoxy) is 2. The van der Waals surface area contributed by atoms with Crippen LogP contribution in [0.5, 0.6) is 11.6 Å². The van der Waals surface area contributed by atoms with Crippen LogP contribution >= 0.6 is 11.6 Å². The molecule has 0 bridgehead atoms. The topological polar surface area (TPSA) is 108 Å². The molecule has 2 aromatic heterocycles. The number of halogens is 1. The van der Waals surface area contributed by atoms with Crippen LogP contribution in [-0.2, 0) is 4.79 Å². The fourth-order valence-electron chi connectivity index (χ4n) is 3.66. The first kappa shape index (κ1) is 24.9. The molecular weight excluding hydrogens is 506 g/mol. The Kier molecular flexibility index (Phi) is 7.56. The van der Waals surface area contributed by atoms with Crippen molar-refractivity contribution in [1.82, 2.24) is 25.1 Å². The molecule has 10 heteroatoms. The number of amides is 1. The highest BCUT2D eigenvalue weighted by Crippen LogP contribution is 2.26. The lowest BCUT2D eigenvalue weighted by Crippen LogP contribution is -2.32. The van der Waals surface area contributed by atoms with Crippen LogP contribution in [0.2, 0.25) is 5.02 Å². The molecule has 0 unspecified atom stereocenters. The van der Waals surface area contributed by atoms with Gasteiger partial charge in [-0.05, 0) is 42.5 Å². The van der Waals surface area contributed by atoms with E-state index in [-0.39, 0.29) is 31.4 Å². The van der Waals surface area contributed by atoms with Crippen LogP contribution in [0.15, 0.2) is 91.0 Å². The molecule has 1 amide bonds. The summed E-state index contributed by atoms with van der Waals surface area (Å²) >= 11 is 6.29. The van der Waals surface area contributed by atoms with Crippen molar-refractivity contribution in [2.24, 2.45) is 0 Å². The number of benzene rings is 3. The summed E-state index contributed by atoms with van der Waals surface area (Å²) < 4.78 is 12.8. The fourth-order valence-corrected chi connectivity index (χ4v) is 3.88. The lowest BCUT2D eigenvalue weighted by Gasteiger charge is -2.09. The molecule has 0 aliphatic carbocycles. The number of hydrogen-bond donors (Lipinski definition) is 1. The number of nitrogens with zero attached hydrogens (tertiary/aromatic N) is 4. The van der Waals surface area contributed by atoms with Crippen molar-refractivity contribution in [1.29, 1.82) is 0 Å². The van der Waals surface area contributed by atoms with E-state index in [0.717, 1.165) is 0 Å². The summed E-state index contributed by atoms with van der Waals surface area (Å²) in [5.74, 6) is 0.955. The molecular formula is C28H22ClN5O4. The molecule has 9 nitrogen and oxygen atoms in total. The number of aromatic nitrogens is 4. The van der Waals surface area contributed by atoms with Gasteiger partial charge in [-0.25, -0.2) is 0 Å². The number of carbonyl (C=O) groups is 2. The molecule has 0 fully saturated rings. The van der Waals surface area contributed by atoms with Gasteiger partial charge in [0.25, 0.3) is 5.91 Å². The Morgan fingerprint density at radius 1 is 0.816 bits per heavy atom. The summed E-state index contributed by atoms with van der Waals surface area (Å²) in [4.78, 5) is 24.7. The van der Waals surface area contributed by atoms with Crippen molar-refractivity contribution in [2.45, 2.75) is 0 Å². The largest absolute Gasteiger partial charge is 0.484 e. The highest BCUT2D eigenvalue weighted by Gasteiger charge is 2.13. The fraction of sp³-hybridized carbons (Fsp3) is 0.107. The van der Waals surface area contributed by atoms with Crippen LogP contribution in [0.1, 0.15) is 15.9 Å². The van der Waals surface area contributed by atoms with E-state index in [1.807, 2.05) is 36.4 Å². The van der Waals surface area contributed by atoms with Crippen molar-refractivity contribution < 1.29 is 19.1 Å². The van der Waals surface area contributed by atoms with E-state index in [1.165, 1.54) is 0 Å². The van der Waals surface area contributed by atoms with Crippen molar-refractivity contribution >= 4 is 28.9 Å². The number of carbonyl (C=O) groups excluding carboxylic acids is 2. The monoisotopic (exact) mass is 527 g/mol. The van der Waals surface area contributed by atoms with E-state index < -0.39 is 0 Å². The molecule has 0 radical (unpaired) electrons. The second kappa shape index (κ2) is 11.5. The third kappa shape index (κ3) is 5.79. The average Bonchev–Trinajstić information content (AvgIpc) is 3.38. The van der Waals surface area contributed by atoms with Crippen LogP contribution < -0.4 is 14.8 Å². The van der Waals surface area contributed by atoms with Crippen molar-refractivity contribution in [3.8, 4) is 23.0 Å². The predicted octanol–water partition coefficient (Wildman–Crippen LogP) is 4.25. The Labute approximate surface area is 223 Å².